The van der Waals surface area contributed by atoms with E-state index >= 15 is 0 Å². The first-order chi connectivity index (χ1) is 7.95. The summed E-state index contributed by atoms with van der Waals surface area (Å²) >= 11 is 0. The molecule has 0 spiro atoms. The van der Waals surface area contributed by atoms with E-state index < -0.39 is 6.10 Å². The van der Waals surface area contributed by atoms with E-state index in [9.17, 15) is 14.7 Å². The highest BCUT2D eigenvalue weighted by Crippen LogP contribution is 2.08. The predicted octanol–water partition coefficient (Wildman–Crippen LogP) is 1.42. The molecule has 1 unspecified atom stereocenters. The van der Waals surface area contributed by atoms with E-state index in [1.807, 2.05) is 0 Å². The Morgan fingerprint density at radius 1 is 1.18 bits per heavy atom. The predicted molar refractivity (Wildman–Crippen MR) is 62.3 cm³/mol. The summed E-state index contributed by atoms with van der Waals surface area (Å²) in [5, 5.41) is 9.54. The highest BCUT2D eigenvalue weighted by atomic mass is 16.5. The summed E-state index contributed by atoms with van der Waals surface area (Å²) in [6, 6.07) is 0. The summed E-state index contributed by atoms with van der Waals surface area (Å²) in [7, 11) is 1.35. The number of carbonyl (C=O) groups excluding carboxylic acids is 2. The monoisotopic (exact) mass is 246 g/mol. The molecule has 0 aromatic heterocycles. The molecule has 0 aliphatic rings. The van der Waals surface area contributed by atoms with Crippen LogP contribution in [-0.4, -0.2) is 36.4 Å². The fraction of sp³-hybridized carbons (Fsp3) is 0.833. The third kappa shape index (κ3) is 9.81. The van der Waals surface area contributed by atoms with Crippen molar-refractivity contribution in [2.24, 2.45) is 0 Å². The van der Waals surface area contributed by atoms with Gasteiger partial charge in [-0.3, -0.25) is 9.59 Å². The Bertz CT molecular complexity index is 237. The Kier molecular flexibility index (Phi) is 8.40. The molecule has 17 heavy (non-hydrogen) atoms. The molecular formula is C12H22O5. The smallest absolute Gasteiger partial charge is 0.308 e. The molecule has 1 N–H and O–H groups in total. The lowest BCUT2D eigenvalue weighted by molar-refractivity contribution is -0.149. The van der Waals surface area contributed by atoms with Crippen LogP contribution in [0.3, 0.4) is 0 Å². The first-order valence-corrected chi connectivity index (χ1v) is 5.90. The minimum absolute atomic E-state index is 0.0103. The summed E-state index contributed by atoms with van der Waals surface area (Å²) in [4.78, 5) is 22.0. The van der Waals surface area contributed by atoms with Crippen molar-refractivity contribution in [3.8, 4) is 0 Å². The third-order valence-electron chi connectivity index (χ3n) is 2.17. The van der Waals surface area contributed by atoms with Crippen LogP contribution in [0.5, 0.6) is 0 Å². The molecule has 0 aliphatic carbocycles. The van der Waals surface area contributed by atoms with E-state index in [0.29, 0.717) is 25.7 Å². The highest BCUT2D eigenvalue weighted by Gasteiger charge is 2.13. The van der Waals surface area contributed by atoms with Crippen LogP contribution in [0.25, 0.3) is 0 Å². The number of hydrogen-bond donors (Lipinski definition) is 1. The van der Waals surface area contributed by atoms with Crippen LogP contribution in [0.2, 0.25) is 0 Å². The van der Waals surface area contributed by atoms with Gasteiger partial charge in [-0.15, -0.1) is 0 Å². The normalized spacial score (nSPS) is 12.3. The number of esters is 2. The molecule has 1 atom stereocenters. The Morgan fingerprint density at radius 2 is 1.82 bits per heavy atom. The number of aliphatic hydroxyl groups excluding tert-OH is 1. The lowest BCUT2D eigenvalue weighted by atomic mass is 10.1. The van der Waals surface area contributed by atoms with E-state index in [-0.39, 0.29) is 24.5 Å². The maximum atomic E-state index is 11.2. The second-order valence-electron chi connectivity index (χ2n) is 4.22. The largest absolute Gasteiger partial charge is 0.469 e. The van der Waals surface area contributed by atoms with Crippen molar-refractivity contribution in [2.45, 2.75) is 58.2 Å². The van der Waals surface area contributed by atoms with Gasteiger partial charge in [-0.05, 0) is 26.7 Å². The first-order valence-electron chi connectivity index (χ1n) is 5.90. The van der Waals surface area contributed by atoms with E-state index in [0.717, 1.165) is 0 Å². The third-order valence-corrected chi connectivity index (χ3v) is 2.17. The zero-order valence-electron chi connectivity index (χ0n) is 10.8. The molecule has 0 fully saturated rings. The molecule has 0 aromatic rings. The second kappa shape index (κ2) is 8.98. The number of unbranched alkanes of at least 4 members (excludes halogenated alkanes) is 1. The Morgan fingerprint density at radius 3 is 2.35 bits per heavy atom. The zero-order chi connectivity index (χ0) is 13.3. The fourth-order valence-electron chi connectivity index (χ4n) is 1.36. The fourth-order valence-corrected chi connectivity index (χ4v) is 1.36. The molecule has 0 aliphatic heterocycles. The number of methoxy groups -OCH3 is 1. The molecular weight excluding hydrogens is 224 g/mol. The minimum Gasteiger partial charge on any atom is -0.469 e. The van der Waals surface area contributed by atoms with Gasteiger partial charge in [0.25, 0.3) is 0 Å². The number of aliphatic hydroxyl groups is 1. The molecule has 100 valence electrons. The second-order valence-corrected chi connectivity index (χ2v) is 4.22. The number of ether oxygens (including phenoxy) is 2. The quantitative estimate of drug-likeness (QED) is 0.518. The van der Waals surface area contributed by atoms with Crippen molar-refractivity contribution < 1.29 is 24.2 Å². The van der Waals surface area contributed by atoms with Crippen molar-refractivity contribution in [2.75, 3.05) is 7.11 Å². The molecule has 0 radical (unpaired) electrons. The van der Waals surface area contributed by atoms with E-state index in [2.05, 4.69) is 4.74 Å². The van der Waals surface area contributed by atoms with Crippen LogP contribution < -0.4 is 0 Å². The van der Waals surface area contributed by atoms with Crippen LogP contribution >= 0.6 is 0 Å². The molecule has 0 saturated carbocycles. The summed E-state index contributed by atoms with van der Waals surface area (Å²) in [5.74, 6) is -0.640. The minimum atomic E-state index is -0.695. The summed E-state index contributed by atoms with van der Waals surface area (Å²) < 4.78 is 9.40. The van der Waals surface area contributed by atoms with Crippen molar-refractivity contribution in [3.63, 3.8) is 0 Å². The Balaban J connectivity index is 3.55. The molecule has 5 nitrogen and oxygen atoms in total. The summed E-state index contributed by atoms with van der Waals surface area (Å²) in [6.45, 7) is 3.53. The van der Waals surface area contributed by atoms with Gasteiger partial charge in [0, 0.05) is 6.42 Å². The van der Waals surface area contributed by atoms with E-state index in [1.165, 1.54) is 7.11 Å². The molecule has 5 heteroatoms. The number of rotatable bonds is 8. The van der Waals surface area contributed by atoms with Crippen LogP contribution in [0.4, 0.5) is 0 Å². The van der Waals surface area contributed by atoms with Gasteiger partial charge < -0.3 is 14.6 Å². The summed E-state index contributed by atoms with van der Waals surface area (Å²) in [5.41, 5.74) is 0. The van der Waals surface area contributed by atoms with Gasteiger partial charge in [0.2, 0.25) is 0 Å². The maximum absolute atomic E-state index is 11.2. The standard InChI is InChI=1S/C12H22O5/c1-9(2)17-12(15)8-10(13)6-4-5-7-11(14)16-3/h9-10,13H,4-8H2,1-3H3. The molecule has 0 aromatic carbocycles. The number of carbonyl (C=O) groups is 2. The Hall–Kier alpha value is -1.10. The van der Waals surface area contributed by atoms with Gasteiger partial charge in [-0.25, -0.2) is 0 Å². The van der Waals surface area contributed by atoms with E-state index in [4.69, 9.17) is 4.74 Å². The van der Waals surface area contributed by atoms with Gasteiger partial charge in [-0.2, -0.15) is 0 Å². The van der Waals surface area contributed by atoms with Crippen LogP contribution in [0, 0.1) is 0 Å². The van der Waals surface area contributed by atoms with Crippen molar-refractivity contribution in [1.82, 2.24) is 0 Å². The maximum Gasteiger partial charge on any atom is 0.308 e. The van der Waals surface area contributed by atoms with Gasteiger partial charge in [0.05, 0.1) is 25.7 Å². The lowest BCUT2D eigenvalue weighted by Crippen LogP contribution is -2.18. The van der Waals surface area contributed by atoms with Gasteiger partial charge in [0.15, 0.2) is 0 Å². The average molecular weight is 246 g/mol. The molecule has 0 heterocycles. The highest BCUT2D eigenvalue weighted by molar-refractivity contribution is 5.70. The molecule has 0 amide bonds. The SMILES string of the molecule is COC(=O)CCCCC(O)CC(=O)OC(C)C. The average Bonchev–Trinajstić information content (AvgIpc) is 2.22. The van der Waals surface area contributed by atoms with Crippen LogP contribution in [0.15, 0.2) is 0 Å². The molecule has 0 rings (SSSR count). The molecule has 0 saturated heterocycles. The lowest BCUT2D eigenvalue weighted by Gasteiger charge is -2.11. The molecule has 0 bridgehead atoms. The van der Waals surface area contributed by atoms with Gasteiger partial charge in [0.1, 0.15) is 0 Å². The van der Waals surface area contributed by atoms with Gasteiger partial charge >= 0.3 is 11.9 Å². The Labute approximate surface area is 102 Å². The summed E-state index contributed by atoms with van der Waals surface area (Å²) in [6.07, 6.45) is 1.34. The van der Waals surface area contributed by atoms with Gasteiger partial charge in [-0.1, -0.05) is 6.42 Å². The van der Waals surface area contributed by atoms with Crippen molar-refractivity contribution >= 4 is 11.9 Å². The van der Waals surface area contributed by atoms with E-state index in [1.54, 1.807) is 13.8 Å². The number of hydrogen-bond acceptors (Lipinski definition) is 5. The van der Waals surface area contributed by atoms with Crippen molar-refractivity contribution in [1.29, 1.82) is 0 Å². The topological polar surface area (TPSA) is 72.8 Å². The van der Waals surface area contributed by atoms with Crippen LogP contribution in [-0.2, 0) is 19.1 Å². The van der Waals surface area contributed by atoms with Crippen molar-refractivity contribution in [3.05, 3.63) is 0 Å². The zero-order valence-corrected chi connectivity index (χ0v) is 10.8. The first kappa shape index (κ1) is 15.9. The van der Waals surface area contributed by atoms with Crippen LogP contribution in [0.1, 0.15) is 46.0 Å².